The summed E-state index contributed by atoms with van der Waals surface area (Å²) < 4.78 is 21.4. The second-order valence-electron chi connectivity index (χ2n) is 8.46. The van der Waals surface area contributed by atoms with E-state index in [1.165, 1.54) is 27.8 Å². The molecule has 3 aromatic rings. The molecule has 164 valence electrons. The number of aryl methyl sites for hydroxylation is 1. The van der Waals surface area contributed by atoms with Crippen molar-refractivity contribution in [1.29, 1.82) is 0 Å². The van der Waals surface area contributed by atoms with Gasteiger partial charge in [-0.2, -0.15) is 0 Å². The molecule has 1 aliphatic heterocycles. The molecule has 2 aliphatic rings. The highest BCUT2D eigenvalue weighted by Gasteiger charge is 2.33. The molecule has 0 radical (unpaired) electrons. The lowest BCUT2D eigenvalue weighted by atomic mass is 9.88. The number of amides is 1. The first kappa shape index (κ1) is 21.0. The first-order valence-corrected chi connectivity index (χ1v) is 11.5. The Morgan fingerprint density at radius 2 is 1.84 bits per heavy atom. The number of carbonyl (C=O) groups excluding carboxylic acids is 1. The number of nitrogens with one attached hydrogen (secondary N) is 1. The molecule has 1 aliphatic carbocycles. The quantitative estimate of drug-likeness (QED) is 0.389. The summed E-state index contributed by atoms with van der Waals surface area (Å²) in [7, 11) is 0. The summed E-state index contributed by atoms with van der Waals surface area (Å²) >= 11 is 6.43. The van der Waals surface area contributed by atoms with Crippen LogP contribution in [0.2, 0.25) is 5.02 Å². The number of rotatable bonds is 5. The Kier molecular flexibility index (Phi) is 5.42. The van der Waals surface area contributed by atoms with E-state index in [0.717, 1.165) is 24.0 Å². The molecule has 3 nitrogen and oxygen atoms in total. The SMILES string of the molecule is CCOc1c(-c2cc(CC)cc3c2Cc2ccccc2-3)cc(Cl)c(F)c1C1CNC(=O)C1. The van der Waals surface area contributed by atoms with Gasteiger partial charge in [0.2, 0.25) is 5.91 Å². The van der Waals surface area contributed by atoms with Crippen molar-refractivity contribution < 1.29 is 13.9 Å². The van der Waals surface area contributed by atoms with E-state index in [0.29, 0.717) is 24.5 Å². The smallest absolute Gasteiger partial charge is 0.220 e. The average Bonchev–Trinajstić information content (AvgIpc) is 3.39. The summed E-state index contributed by atoms with van der Waals surface area (Å²) in [6.45, 7) is 4.80. The topological polar surface area (TPSA) is 38.3 Å². The average molecular weight is 450 g/mol. The standard InChI is InChI=1S/C27H25ClFNO2/c1-3-15-9-19-18-8-6-5-7-16(18)11-21(19)20(10-15)22-13-23(28)26(29)25(27(22)32-4-2)17-12-24(31)30-14-17/h5-10,13,17H,3-4,11-12,14H2,1-2H3,(H,30,31). The van der Waals surface area contributed by atoms with E-state index in [2.05, 4.69) is 48.6 Å². The molecule has 1 unspecified atom stereocenters. The lowest BCUT2D eigenvalue weighted by Gasteiger charge is -2.22. The second-order valence-corrected chi connectivity index (χ2v) is 8.87. The van der Waals surface area contributed by atoms with Crippen LogP contribution in [0.3, 0.4) is 0 Å². The summed E-state index contributed by atoms with van der Waals surface area (Å²) in [5.74, 6) is -0.377. The molecule has 1 heterocycles. The predicted molar refractivity (Wildman–Crippen MR) is 126 cm³/mol. The van der Waals surface area contributed by atoms with Crippen molar-refractivity contribution in [2.75, 3.05) is 13.2 Å². The number of ether oxygens (including phenoxy) is 1. The van der Waals surface area contributed by atoms with Crippen LogP contribution in [0, 0.1) is 5.82 Å². The largest absolute Gasteiger partial charge is 0.493 e. The molecule has 0 saturated carbocycles. The molecule has 32 heavy (non-hydrogen) atoms. The third kappa shape index (κ3) is 3.38. The highest BCUT2D eigenvalue weighted by molar-refractivity contribution is 6.31. The second kappa shape index (κ2) is 8.25. The maximum absolute atomic E-state index is 15.3. The van der Waals surface area contributed by atoms with Crippen molar-refractivity contribution in [1.82, 2.24) is 5.32 Å². The van der Waals surface area contributed by atoms with Crippen molar-refractivity contribution in [3.8, 4) is 28.0 Å². The van der Waals surface area contributed by atoms with Crippen molar-refractivity contribution in [2.24, 2.45) is 0 Å². The van der Waals surface area contributed by atoms with Crippen LogP contribution in [0.5, 0.6) is 5.75 Å². The minimum Gasteiger partial charge on any atom is -0.493 e. The zero-order valence-corrected chi connectivity index (χ0v) is 19.0. The van der Waals surface area contributed by atoms with Crippen LogP contribution in [0.4, 0.5) is 4.39 Å². The van der Waals surface area contributed by atoms with Gasteiger partial charge in [0.05, 0.1) is 11.6 Å². The molecule has 3 aromatic carbocycles. The molecule has 0 spiro atoms. The molecule has 5 heteroatoms. The summed E-state index contributed by atoms with van der Waals surface area (Å²) in [5.41, 5.74) is 8.39. The minimum atomic E-state index is -0.494. The van der Waals surface area contributed by atoms with Gasteiger partial charge in [-0.15, -0.1) is 0 Å². The third-order valence-electron chi connectivity index (χ3n) is 6.56. The zero-order valence-electron chi connectivity index (χ0n) is 18.2. The fourth-order valence-corrected chi connectivity index (χ4v) is 5.25. The van der Waals surface area contributed by atoms with Crippen LogP contribution in [0.25, 0.3) is 22.3 Å². The van der Waals surface area contributed by atoms with Gasteiger partial charge in [-0.05, 0) is 59.2 Å². The molecule has 0 aromatic heterocycles. The van der Waals surface area contributed by atoms with Gasteiger partial charge in [-0.3, -0.25) is 4.79 Å². The number of hydrogen-bond donors (Lipinski definition) is 1. The number of fused-ring (bicyclic) bond motifs is 3. The summed E-state index contributed by atoms with van der Waals surface area (Å²) in [6, 6.07) is 14.6. The summed E-state index contributed by atoms with van der Waals surface area (Å²) in [5, 5.41) is 2.87. The number of benzene rings is 3. The van der Waals surface area contributed by atoms with Gasteiger partial charge in [0, 0.05) is 30.0 Å². The normalized spacial score (nSPS) is 16.6. The first-order chi connectivity index (χ1) is 15.5. The van der Waals surface area contributed by atoms with Gasteiger partial charge in [-0.1, -0.05) is 54.9 Å². The molecule has 1 fully saturated rings. The van der Waals surface area contributed by atoms with Crippen molar-refractivity contribution >= 4 is 17.5 Å². The van der Waals surface area contributed by atoms with E-state index in [1.54, 1.807) is 6.07 Å². The zero-order chi connectivity index (χ0) is 22.4. The van der Waals surface area contributed by atoms with Gasteiger partial charge in [0.25, 0.3) is 0 Å². The Hall–Kier alpha value is -2.85. The lowest BCUT2D eigenvalue weighted by molar-refractivity contribution is -0.119. The fraction of sp³-hybridized carbons (Fsp3) is 0.296. The van der Waals surface area contributed by atoms with Gasteiger partial charge in [0.1, 0.15) is 11.6 Å². The van der Waals surface area contributed by atoms with Crippen LogP contribution in [0.15, 0.2) is 42.5 Å². The van der Waals surface area contributed by atoms with E-state index < -0.39 is 5.82 Å². The maximum atomic E-state index is 15.3. The monoisotopic (exact) mass is 449 g/mol. The third-order valence-corrected chi connectivity index (χ3v) is 6.84. The number of carbonyl (C=O) groups is 1. The van der Waals surface area contributed by atoms with E-state index in [9.17, 15) is 4.79 Å². The van der Waals surface area contributed by atoms with Crippen LogP contribution in [-0.4, -0.2) is 19.1 Å². The Bertz CT molecular complexity index is 1240. The van der Waals surface area contributed by atoms with Crippen molar-refractivity contribution in [3.05, 3.63) is 75.6 Å². The first-order valence-electron chi connectivity index (χ1n) is 11.2. The van der Waals surface area contributed by atoms with Crippen molar-refractivity contribution in [2.45, 2.75) is 39.0 Å². The highest BCUT2D eigenvalue weighted by atomic mass is 35.5. The van der Waals surface area contributed by atoms with E-state index in [1.807, 2.05) is 6.92 Å². The molecule has 0 bridgehead atoms. The minimum absolute atomic E-state index is 0.0592. The van der Waals surface area contributed by atoms with Gasteiger partial charge in [-0.25, -0.2) is 4.39 Å². The Balaban J connectivity index is 1.77. The molecular weight excluding hydrogens is 425 g/mol. The molecular formula is C27H25ClFNO2. The number of halogens is 2. The maximum Gasteiger partial charge on any atom is 0.220 e. The molecule has 1 amide bonds. The predicted octanol–water partition coefficient (Wildman–Crippen LogP) is 6.28. The van der Waals surface area contributed by atoms with E-state index in [-0.39, 0.29) is 23.3 Å². The van der Waals surface area contributed by atoms with Crippen LogP contribution < -0.4 is 10.1 Å². The molecule has 1 saturated heterocycles. The Morgan fingerprint density at radius 3 is 2.53 bits per heavy atom. The van der Waals surface area contributed by atoms with E-state index in [4.69, 9.17) is 16.3 Å². The summed E-state index contributed by atoms with van der Waals surface area (Å²) in [4.78, 5) is 11.9. The van der Waals surface area contributed by atoms with Crippen LogP contribution in [0.1, 0.15) is 48.4 Å². The van der Waals surface area contributed by atoms with Gasteiger partial charge in [0.15, 0.2) is 0 Å². The molecule has 1 atom stereocenters. The molecule has 1 N–H and O–H groups in total. The van der Waals surface area contributed by atoms with Crippen molar-refractivity contribution in [3.63, 3.8) is 0 Å². The number of hydrogen-bond acceptors (Lipinski definition) is 2. The van der Waals surface area contributed by atoms with Crippen LogP contribution in [-0.2, 0) is 17.6 Å². The fourth-order valence-electron chi connectivity index (χ4n) is 5.04. The Morgan fingerprint density at radius 1 is 1.09 bits per heavy atom. The molecule has 5 rings (SSSR count). The van der Waals surface area contributed by atoms with Gasteiger partial charge < -0.3 is 10.1 Å². The van der Waals surface area contributed by atoms with Gasteiger partial charge >= 0.3 is 0 Å². The van der Waals surface area contributed by atoms with Crippen LogP contribution >= 0.6 is 11.6 Å². The lowest BCUT2D eigenvalue weighted by Crippen LogP contribution is -2.14. The van der Waals surface area contributed by atoms with E-state index >= 15 is 4.39 Å². The highest BCUT2D eigenvalue weighted by Crippen LogP contribution is 2.48. The summed E-state index contributed by atoms with van der Waals surface area (Å²) in [6.07, 6.45) is 1.93. The Labute approximate surface area is 192 Å².